The average Bonchev–Trinajstić information content (AvgIpc) is 2.77. The molecule has 0 aliphatic carbocycles. The molecule has 1 atom stereocenters. The molecule has 1 aliphatic rings. The molecule has 4 heteroatoms. The Morgan fingerprint density at radius 1 is 1.53 bits per heavy atom. The molecule has 1 aromatic rings. The molecule has 0 saturated carbocycles. The van der Waals surface area contributed by atoms with E-state index in [-0.39, 0.29) is 0 Å². The summed E-state index contributed by atoms with van der Waals surface area (Å²) in [5, 5.41) is 4.54. The van der Waals surface area contributed by atoms with Gasteiger partial charge in [0.25, 0.3) is 0 Å². The molecule has 1 unspecified atom stereocenters. The molecule has 0 spiro atoms. The fourth-order valence-electron chi connectivity index (χ4n) is 1.62. The third-order valence-electron chi connectivity index (χ3n) is 2.89. The lowest BCUT2D eigenvalue weighted by Gasteiger charge is -2.13. The van der Waals surface area contributed by atoms with Crippen LogP contribution < -0.4 is 5.32 Å². The first-order chi connectivity index (χ1) is 8.15. The molecule has 0 amide bonds. The zero-order valence-corrected chi connectivity index (χ0v) is 11.4. The number of aryl methyl sites for hydroxylation is 1. The Labute approximate surface area is 107 Å². The molecule has 2 rings (SSSR count). The number of hydrogen-bond donors (Lipinski definition) is 1. The van der Waals surface area contributed by atoms with Crippen LogP contribution in [0.4, 0.5) is 0 Å². The first-order valence-corrected chi connectivity index (χ1v) is 6.99. The van der Waals surface area contributed by atoms with Gasteiger partial charge in [-0.1, -0.05) is 31.7 Å². The predicted molar refractivity (Wildman–Crippen MR) is 74.3 cm³/mol. The zero-order chi connectivity index (χ0) is 12.3. The number of nitrogens with one attached hydrogen (secondary N) is 1. The number of amidine groups is 1. The first-order valence-electron chi connectivity index (χ1n) is 6.00. The van der Waals surface area contributed by atoms with Gasteiger partial charge in [-0.25, -0.2) is 0 Å². The van der Waals surface area contributed by atoms with E-state index < -0.39 is 0 Å². The minimum absolute atomic E-state index is 0.565. The maximum Gasteiger partial charge on any atom is 0.157 e. The third kappa shape index (κ3) is 3.46. The van der Waals surface area contributed by atoms with Crippen molar-refractivity contribution in [3.8, 4) is 0 Å². The minimum Gasteiger partial charge on any atom is -0.361 e. The number of aromatic nitrogens is 1. The summed E-state index contributed by atoms with van der Waals surface area (Å²) in [7, 11) is 0. The van der Waals surface area contributed by atoms with Crippen LogP contribution in [-0.4, -0.2) is 21.9 Å². The molecule has 3 nitrogen and oxygen atoms in total. The highest BCUT2D eigenvalue weighted by atomic mass is 32.2. The molecule has 92 valence electrons. The number of pyridine rings is 1. The second-order valence-electron chi connectivity index (χ2n) is 4.74. The fourth-order valence-corrected chi connectivity index (χ4v) is 2.81. The molecule has 1 aromatic heterocycles. The Morgan fingerprint density at radius 2 is 2.35 bits per heavy atom. The van der Waals surface area contributed by atoms with Crippen LogP contribution in [0, 0.1) is 12.8 Å². The summed E-state index contributed by atoms with van der Waals surface area (Å²) in [5.41, 5.74) is 2.22. The van der Waals surface area contributed by atoms with Crippen LogP contribution in [0.15, 0.2) is 23.3 Å². The molecule has 0 bridgehead atoms. The van der Waals surface area contributed by atoms with Gasteiger partial charge in [-0.05, 0) is 24.5 Å². The SMILES string of the molecule is Cc1ccc(CN=C2NC(C(C)C)CS2)cn1. The largest absolute Gasteiger partial charge is 0.361 e. The Kier molecular flexibility index (Phi) is 4.05. The normalized spacial score (nSPS) is 22.1. The second kappa shape index (κ2) is 5.54. The van der Waals surface area contributed by atoms with E-state index in [2.05, 4.69) is 35.2 Å². The van der Waals surface area contributed by atoms with Gasteiger partial charge in [-0.3, -0.25) is 9.98 Å². The molecular weight excluding hydrogens is 230 g/mol. The topological polar surface area (TPSA) is 37.3 Å². The van der Waals surface area contributed by atoms with Crippen LogP contribution in [0.1, 0.15) is 25.1 Å². The van der Waals surface area contributed by atoms with E-state index in [0.717, 1.165) is 16.6 Å². The predicted octanol–water partition coefficient (Wildman–Crippen LogP) is 2.61. The van der Waals surface area contributed by atoms with Crippen molar-refractivity contribution in [2.75, 3.05) is 5.75 Å². The monoisotopic (exact) mass is 249 g/mol. The van der Waals surface area contributed by atoms with Gasteiger partial charge in [-0.2, -0.15) is 0 Å². The van der Waals surface area contributed by atoms with Gasteiger partial charge in [0.15, 0.2) is 5.17 Å². The van der Waals surface area contributed by atoms with Gasteiger partial charge in [0.1, 0.15) is 0 Å². The standard InChI is InChI=1S/C13H19N3S/c1-9(2)12-8-17-13(16-12)15-7-11-5-4-10(3)14-6-11/h4-6,9,12H,7-8H2,1-3H3,(H,15,16). The Hall–Kier alpha value is -1.03. The van der Waals surface area contributed by atoms with Gasteiger partial charge in [0, 0.05) is 23.7 Å². The van der Waals surface area contributed by atoms with E-state index in [9.17, 15) is 0 Å². The number of aliphatic imine (C=N–C) groups is 1. The van der Waals surface area contributed by atoms with E-state index >= 15 is 0 Å². The molecule has 2 heterocycles. The van der Waals surface area contributed by atoms with E-state index in [0.29, 0.717) is 18.5 Å². The first kappa shape index (κ1) is 12.4. The van der Waals surface area contributed by atoms with Crippen molar-refractivity contribution in [2.24, 2.45) is 10.9 Å². The lowest BCUT2D eigenvalue weighted by Crippen LogP contribution is -2.31. The molecule has 1 N–H and O–H groups in total. The van der Waals surface area contributed by atoms with Crippen LogP contribution in [0.3, 0.4) is 0 Å². The average molecular weight is 249 g/mol. The van der Waals surface area contributed by atoms with Gasteiger partial charge < -0.3 is 5.32 Å². The van der Waals surface area contributed by atoms with E-state index in [1.165, 1.54) is 5.56 Å². The van der Waals surface area contributed by atoms with Gasteiger partial charge in [0.2, 0.25) is 0 Å². The fraction of sp³-hybridized carbons (Fsp3) is 0.538. The van der Waals surface area contributed by atoms with E-state index in [1.807, 2.05) is 30.9 Å². The molecule has 17 heavy (non-hydrogen) atoms. The zero-order valence-electron chi connectivity index (χ0n) is 10.6. The lowest BCUT2D eigenvalue weighted by molar-refractivity contribution is 0.503. The number of nitrogens with zero attached hydrogens (tertiary/aromatic N) is 2. The van der Waals surface area contributed by atoms with Gasteiger partial charge >= 0.3 is 0 Å². The maximum atomic E-state index is 4.58. The molecule has 0 aromatic carbocycles. The molecular formula is C13H19N3S. The highest BCUT2D eigenvalue weighted by Crippen LogP contribution is 2.19. The summed E-state index contributed by atoms with van der Waals surface area (Å²) in [4.78, 5) is 8.86. The van der Waals surface area contributed by atoms with Crippen molar-refractivity contribution in [2.45, 2.75) is 33.4 Å². The maximum absolute atomic E-state index is 4.58. The van der Waals surface area contributed by atoms with Crippen LogP contribution in [0.2, 0.25) is 0 Å². The third-order valence-corrected chi connectivity index (χ3v) is 3.94. The number of thioether (sulfide) groups is 1. The van der Waals surface area contributed by atoms with Crippen LogP contribution in [-0.2, 0) is 6.54 Å². The van der Waals surface area contributed by atoms with Crippen molar-refractivity contribution in [3.05, 3.63) is 29.6 Å². The van der Waals surface area contributed by atoms with Gasteiger partial charge in [-0.15, -0.1) is 0 Å². The summed E-state index contributed by atoms with van der Waals surface area (Å²) in [6.07, 6.45) is 1.90. The van der Waals surface area contributed by atoms with Crippen molar-refractivity contribution < 1.29 is 0 Å². The second-order valence-corrected chi connectivity index (χ2v) is 5.74. The van der Waals surface area contributed by atoms with E-state index in [1.54, 1.807) is 0 Å². The number of hydrogen-bond acceptors (Lipinski definition) is 3. The molecule has 1 saturated heterocycles. The van der Waals surface area contributed by atoms with Crippen LogP contribution in [0.25, 0.3) is 0 Å². The summed E-state index contributed by atoms with van der Waals surface area (Å²) >= 11 is 1.82. The number of rotatable bonds is 3. The van der Waals surface area contributed by atoms with Crippen molar-refractivity contribution in [3.63, 3.8) is 0 Å². The summed E-state index contributed by atoms with van der Waals surface area (Å²) in [6, 6.07) is 4.68. The van der Waals surface area contributed by atoms with Crippen LogP contribution >= 0.6 is 11.8 Å². The Morgan fingerprint density at radius 3 is 2.94 bits per heavy atom. The molecule has 1 aliphatic heterocycles. The van der Waals surface area contributed by atoms with Crippen molar-refractivity contribution in [1.29, 1.82) is 0 Å². The van der Waals surface area contributed by atoms with Crippen LogP contribution in [0.5, 0.6) is 0 Å². The smallest absolute Gasteiger partial charge is 0.157 e. The highest BCUT2D eigenvalue weighted by Gasteiger charge is 2.22. The van der Waals surface area contributed by atoms with Crippen molar-refractivity contribution in [1.82, 2.24) is 10.3 Å². The molecule has 1 fully saturated rings. The Balaban J connectivity index is 1.91. The minimum atomic E-state index is 0.565. The quantitative estimate of drug-likeness (QED) is 0.894. The summed E-state index contributed by atoms with van der Waals surface area (Å²) in [5.74, 6) is 1.79. The summed E-state index contributed by atoms with van der Waals surface area (Å²) < 4.78 is 0. The molecule has 0 radical (unpaired) electrons. The highest BCUT2D eigenvalue weighted by molar-refractivity contribution is 8.14. The Bertz CT molecular complexity index is 398. The lowest BCUT2D eigenvalue weighted by atomic mass is 10.1. The van der Waals surface area contributed by atoms with Gasteiger partial charge in [0.05, 0.1) is 6.54 Å². The van der Waals surface area contributed by atoms with Crippen molar-refractivity contribution >= 4 is 16.9 Å². The summed E-state index contributed by atoms with van der Waals surface area (Å²) in [6.45, 7) is 7.20. The van der Waals surface area contributed by atoms with E-state index in [4.69, 9.17) is 0 Å².